The van der Waals surface area contributed by atoms with Crippen molar-refractivity contribution in [3.63, 3.8) is 0 Å². The van der Waals surface area contributed by atoms with Crippen LogP contribution in [-0.4, -0.2) is 49.4 Å². The highest BCUT2D eigenvalue weighted by Crippen LogP contribution is 2.15. The third kappa shape index (κ3) is 7.84. The number of aromatic nitrogens is 2. The molecule has 0 aliphatic heterocycles. The van der Waals surface area contributed by atoms with Crippen molar-refractivity contribution in [2.24, 2.45) is 0 Å². The molecule has 0 spiro atoms. The first-order valence-electron chi connectivity index (χ1n) is 6.95. The van der Waals surface area contributed by atoms with Gasteiger partial charge in [0.2, 0.25) is 0 Å². The largest absolute Gasteiger partial charge is 0.381 e. The van der Waals surface area contributed by atoms with Gasteiger partial charge in [-0.05, 0) is 22.4 Å². The minimum Gasteiger partial charge on any atom is -0.381 e. The number of nitrogens with zero attached hydrogens (tertiary/aromatic N) is 2. The molecule has 7 heteroatoms. The normalized spacial score (nSPS) is 11.1. The number of ether oxygens (including phenoxy) is 3. The Balaban J connectivity index is 1.85. The molecule has 6 nitrogen and oxygen atoms in total. The average molecular weight is 350 g/mol. The zero-order valence-corrected chi connectivity index (χ0v) is 13.6. The van der Waals surface area contributed by atoms with E-state index in [1.165, 1.54) is 0 Å². The van der Waals surface area contributed by atoms with E-state index in [-0.39, 0.29) is 0 Å². The van der Waals surface area contributed by atoms with E-state index in [1.807, 2.05) is 6.20 Å². The van der Waals surface area contributed by atoms with Crippen molar-refractivity contribution >= 4 is 21.7 Å². The highest BCUT2D eigenvalue weighted by molar-refractivity contribution is 9.10. The van der Waals surface area contributed by atoms with Crippen molar-refractivity contribution < 1.29 is 14.2 Å². The molecule has 0 aliphatic rings. The molecule has 0 aromatic carbocycles. The molecule has 1 heterocycles. The first kappa shape index (κ1) is 17.4. The summed E-state index contributed by atoms with van der Waals surface area (Å²) < 4.78 is 18.8. The highest BCUT2D eigenvalue weighted by Gasteiger charge is 2.01. The van der Waals surface area contributed by atoms with Crippen LogP contribution in [-0.2, 0) is 20.8 Å². The van der Waals surface area contributed by atoms with Crippen molar-refractivity contribution in [3.8, 4) is 0 Å². The predicted octanol–water partition coefficient (Wildman–Crippen LogP) is 2.08. The topological polar surface area (TPSA) is 71.5 Å². The van der Waals surface area contributed by atoms with Crippen LogP contribution in [0.1, 0.15) is 19.8 Å². The van der Waals surface area contributed by atoms with Crippen LogP contribution < -0.4 is 5.73 Å². The van der Waals surface area contributed by atoms with E-state index >= 15 is 0 Å². The Bertz CT molecular complexity index is 341. The van der Waals surface area contributed by atoms with Gasteiger partial charge in [0, 0.05) is 12.8 Å². The summed E-state index contributed by atoms with van der Waals surface area (Å²) in [5, 5.41) is 4.11. The van der Waals surface area contributed by atoms with Gasteiger partial charge in [0.15, 0.2) is 5.82 Å². The number of halogens is 1. The summed E-state index contributed by atoms with van der Waals surface area (Å²) >= 11 is 3.31. The van der Waals surface area contributed by atoms with E-state index in [4.69, 9.17) is 19.9 Å². The summed E-state index contributed by atoms with van der Waals surface area (Å²) in [6.45, 7) is 6.66. The molecule has 0 unspecified atom stereocenters. The SMILES string of the molecule is CCCCOCCOCCOCCn1cc(Br)c(N)n1. The molecule has 0 radical (unpaired) electrons. The van der Waals surface area contributed by atoms with Crippen LogP contribution >= 0.6 is 15.9 Å². The fourth-order valence-electron chi connectivity index (χ4n) is 1.47. The maximum Gasteiger partial charge on any atom is 0.159 e. The van der Waals surface area contributed by atoms with Gasteiger partial charge >= 0.3 is 0 Å². The molecule has 1 rings (SSSR count). The summed E-state index contributed by atoms with van der Waals surface area (Å²) in [6, 6.07) is 0. The van der Waals surface area contributed by atoms with Crippen LogP contribution in [0.15, 0.2) is 10.7 Å². The third-order valence-electron chi connectivity index (χ3n) is 2.59. The van der Waals surface area contributed by atoms with E-state index in [0.717, 1.165) is 23.9 Å². The summed E-state index contributed by atoms with van der Waals surface area (Å²) in [5.41, 5.74) is 5.62. The van der Waals surface area contributed by atoms with Gasteiger partial charge in [-0.25, -0.2) is 0 Å². The second-order valence-electron chi connectivity index (χ2n) is 4.32. The van der Waals surface area contributed by atoms with Gasteiger partial charge in [-0.1, -0.05) is 13.3 Å². The van der Waals surface area contributed by atoms with Crippen LogP contribution in [0, 0.1) is 0 Å². The van der Waals surface area contributed by atoms with Crippen molar-refractivity contribution in [2.75, 3.05) is 45.4 Å². The molecule has 0 saturated heterocycles. The van der Waals surface area contributed by atoms with E-state index < -0.39 is 0 Å². The second-order valence-corrected chi connectivity index (χ2v) is 5.17. The quantitative estimate of drug-likeness (QED) is 0.585. The minimum atomic E-state index is 0.497. The molecule has 0 bridgehead atoms. The molecule has 0 amide bonds. The predicted molar refractivity (Wildman–Crippen MR) is 81.7 cm³/mol. The van der Waals surface area contributed by atoms with Gasteiger partial charge < -0.3 is 19.9 Å². The van der Waals surface area contributed by atoms with E-state index in [0.29, 0.717) is 45.4 Å². The van der Waals surface area contributed by atoms with Crippen LogP contribution in [0.5, 0.6) is 0 Å². The van der Waals surface area contributed by atoms with Crippen molar-refractivity contribution in [1.82, 2.24) is 9.78 Å². The number of rotatable bonds is 12. The monoisotopic (exact) mass is 349 g/mol. The molecule has 116 valence electrons. The Morgan fingerprint density at radius 3 is 2.25 bits per heavy atom. The molecular formula is C13H24BrN3O3. The molecule has 1 aromatic rings. The van der Waals surface area contributed by atoms with Gasteiger partial charge in [-0.2, -0.15) is 5.10 Å². The minimum absolute atomic E-state index is 0.497. The number of anilines is 1. The summed E-state index contributed by atoms with van der Waals surface area (Å²) in [5.74, 6) is 0.497. The first-order valence-corrected chi connectivity index (χ1v) is 7.75. The molecule has 0 saturated carbocycles. The molecule has 1 aromatic heterocycles. The average Bonchev–Trinajstić information content (AvgIpc) is 2.75. The van der Waals surface area contributed by atoms with Crippen LogP contribution in [0.25, 0.3) is 0 Å². The number of unbranched alkanes of at least 4 members (excludes halogenated alkanes) is 1. The Morgan fingerprint density at radius 1 is 1.10 bits per heavy atom. The Hall–Kier alpha value is -0.630. The Labute approximate surface area is 128 Å². The van der Waals surface area contributed by atoms with E-state index in [9.17, 15) is 0 Å². The summed E-state index contributed by atoms with van der Waals surface area (Å²) in [7, 11) is 0. The fourth-order valence-corrected chi connectivity index (χ4v) is 1.79. The van der Waals surface area contributed by atoms with Crippen molar-refractivity contribution in [3.05, 3.63) is 10.7 Å². The number of hydrogen-bond acceptors (Lipinski definition) is 5. The van der Waals surface area contributed by atoms with E-state index in [1.54, 1.807) is 4.68 Å². The smallest absolute Gasteiger partial charge is 0.159 e. The summed E-state index contributed by atoms with van der Waals surface area (Å²) in [6.07, 6.45) is 4.10. The zero-order chi connectivity index (χ0) is 14.6. The highest BCUT2D eigenvalue weighted by atomic mass is 79.9. The van der Waals surface area contributed by atoms with Crippen molar-refractivity contribution in [1.29, 1.82) is 0 Å². The van der Waals surface area contributed by atoms with Gasteiger partial charge in [0.1, 0.15) is 0 Å². The molecule has 20 heavy (non-hydrogen) atoms. The lowest BCUT2D eigenvalue weighted by molar-refractivity contribution is 0.0123. The van der Waals surface area contributed by atoms with Crippen molar-refractivity contribution in [2.45, 2.75) is 26.3 Å². The fraction of sp³-hybridized carbons (Fsp3) is 0.769. The molecule has 0 aliphatic carbocycles. The third-order valence-corrected chi connectivity index (χ3v) is 3.21. The lowest BCUT2D eigenvalue weighted by Gasteiger charge is -2.06. The van der Waals surface area contributed by atoms with Crippen LogP contribution in [0.4, 0.5) is 5.82 Å². The first-order chi connectivity index (χ1) is 9.74. The summed E-state index contributed by atoms with van der Waals surface area (Å²) in [4.78, 5) is 0. The maximum atomic E-state index is 5.62. The maximum absolute atomic E-state index is 5.62. The van der Waals surface area contributed by atoms with Gasteiger partial charge in [-0.15, -0.1) is 0 Å². The second kappa shape index (κ2) is 11.1. The lowest BCUT2D eigenvalue weighted by Crippen LogP contribution is -2.12. The Kier molecular flexibility index (Phi) is 9.65. The molecule has 0 fully saturated rings. The molecule has 2 N–H and O–H groups in total. The van der Waals surface area contributed by atoms with E-state index in [2.05, 4.69) is 28.0 Å². The van der Waals surface area contributed by atoms with Crippen LogP contribution in [0.2, 0.25) is 0 Å². The number of nitrogens with two attached hydrogens (primary N) is 1. The van der Waals surface area contributed by atoms with Gasteiger partial charge in [0.25, 0.3) is 0 Å². The van der Waals surface area contributed by atoms with Crippen LogP contribution in [0.3, 0.4) is 0 Å². The standard InChI is InChI=1S/C13H24BrN3O3/c1-2-3-5-18-7-9-20-10-8-19-6-4-17-11-12(14)13(15)16-17/h11H,2-10H2,1H3,(H2,15,16). The van der Waals surface area contributed by atoms with Gasteiger partial charge in [0.05, 0.1) is 44.1 Å². The molecular weight excluding hydrogens is 326 g/mol. The van der Waals surface area contributed by atoms with Gasteiger partial charge in [-0.3, -0.25) is 4.68 Å². The zero-order valence-electron chi connectivity index (χ0n) is 12.0. The molecule has 0 atom stereocenters. The lowest BCUT2D eigenvalue weighted by atomic mass is 10.4. The number of nitrogen functional groups attached to an aromatic ring is 1. The Morgan fingerprint density at radius 2 is 1.70 bits per heavy atom. The number of hydrogen-bond donors (Lipinski definition) is 1.